The minimum absolute atomic E-state index is 0.00898. The number of anilines is 1. The zero-order chi connectivity index (χ0) is 16.9. The summed E-state index contributed by atoms with van der Waals surface area (Å²) in [6.45, 7) is 3.90. The van der Waals surface area contributed by atoms with Crippen molar-refractivity contribution in [3.8, 4) is 11.3 Å². The molecule has 1 aromatic carbocycles. The zero-order valence-corrected chi connectivity index (χ0v) is 14.7. The largest absolute Gasteiger partial charge is 0.462 e. The van der Waals surface area contributed by atoms with E-state index in [1.165, 1.54) is 11.3 Å². The molecule has 24 heavy (non-hydrogen) atoms. The number of ether oxygens (including phenoxy) is 1. The molecule has 2 aromatic rings. The van der Waals surface area contributed by atoms with Crippen LogP contribution in [0.4, 0.5) is 5.13 Å². The van der Waals surface area contributed by atoms with E-state index in [1.54, 1.807) is 0 Å². The molecule has 3 rings (SSSR count). The molecule has 1 fully saturated rings. The van der Waals surface area contributed by atoms with Crippen LogP contribution < -0.4 is 5.43 Å². The van der Waals surface area contributed by atoms with Gasteiger partial charge in [0.25, 0.3) is 0 Å². The molecule has 1 aliphatic rings. The number of nitrogens with one attached hydrogen (secondary N) is 1. The molecule has 6 heteroatoms. The fourth-order valence-corrected chi connectivity index (χ4v) is 3.39. The number of hydrogen-bond donors (Lipinski definition) is 1. The van der Waals surface area contributed by atoms with Crippen molar-refractivity contribution in [2.24, 2.45) is 11.0 Å². The average Bonchev–Trinajstić information content (AvgIpc) is 3.18. The number of thiazole rings is 1. The number of rotatable bonds is 6. The second-order valence-electron chi connectivity index (χ2n) is 6.08. The van der Waals surface area contributed by atoms with Crippen LogP contribution >= 0.6 is 11.3 Å². The number of esters is 1. The predicted molar refractivity (Wildman–Crippen MR) is 97.2 cm³/mol. The number of cyclic esters (lactones) is 1. The summed E-state index contributed by atoms with van der Waals surface area (Å²) >= 11 is 1.53. The molecule has 1 aromatic heterocycles. The third-order valence-electron chi connectivity index (χ3n) is 4.04. The van der Waals surface area contributed by atoms with Crippen LogP contribution in [-0.4, -0.2) is 22.8 Å². The summed E-state index contributed by atoms with van der Waals surface area (Å²) in [5, 5.41) is 7.15. The molecule has 2 heterocycles. The highest BCUT2D eigenvalue weighted by Gasteiger charge is 2.31. The monoisotopic (exact) mass is 343 g/mol. The molecule has 0 spiro atoms. The number of carbonyl (C=O) groups is 1. The van der Waals surface area contributed by atoms with Crippen molar-refractivity contribution in [3.05, 3.63) is 35.7 Å². The predicted octanol–water partition coefficient (Wildman–Crippen LogP) is 4.33. The molecule has 0 saturated carbocycles. The Morgan fingerprint density at radius 3 is 2.92 bits per heavy atom. The summed E-state index contributed by atoms with van der Waals surface area (Å²) in [4.78, 5) is 16.2. The van der Waals surface area contributed by atoms with Gasteiger partial charge in [0.15, 0.2) is 0 Å². The Hall–Kier alpha value is -2.21. The highest BCUT2D eigenvalue weighted by atomic mass is 32.1. The lowest BCUT2D eigenvalue weighted by molar-refractivity contribution is -0.143. The van der Waals surface area contributed by atoms with Crippen LogP contribution in [0.5, 0.6) is 0 Å². The fourth-order valence-electron chi connectivity index (χ4n) is 2.72. The van der Waals surface area contributed by atoms with Crippen molar-refractivity contribution < 1.29 is 9.53 Å². The second kappa shape index (κ2) is 7.57. The molecule has 1 N–H and O–H groups in total. The summed E-state index contributed by atoms with van der Waals surface area (Å²) in [5.74, 6) is -0.0645. The fraction of sp³-hybridized carbons (Fsp3) is 0.389. The van der Waals surface area contributed by atoms with Crippen LogP contribution in [0.25, 0.3) is 11.3 Å². The molecule has 2 atom stereocenters. The molecule has 0 aliphatic carbocycles. The SMILES string of the molecule is C/C(CCC1CC(C)OC1=O)=N\Nc1nc(-c2ccccc2)cs1. The van der Waals surface area contributed by atoms with E-state index in [2.05, 4.69) is 15.5 Å². The van der Waals surface area contributed by atoms with Crippen molar-refractivity contribution in [2.45, 2.75) is 39.2 Å². The van der Waals surface area contributed by atoms with Crippen molar-refractivity contribution in [2.75, 3.05) is 5.43 Å². The highest BCUT2D eigenvalue weighted by Crippen LogP contribution is 2.26. The van der Waals surface area contributed by atoms with Gasteiger partial charge in [0.2, 0.25) is 5.13 Å². The van der Waals surface area contributed by atoms with Gasteiger partial charge in [-0.05, 0) is 33.1 Å². The van der Waals surface area contributed by atoms with Crippen LogP contribution in [0.3, 0.4) is 0 Å². The van der Waals surface area contributed by atoms with E-state index in [4.69, 9.17) is 4.74 Å². The van der Waals surface area contributed by atoms with Crippen LogP contribution in [0.2, 0.25) is 0 Å². The maximum absolute atomic E-state index is 11.6. The number of benzene rings is 1. The number of hydrogen-bond acceptors (Lipinski definition) is 6. The van der Waals surface area contributed by atoms with Gasteiger partial charge in [-0.25, -0.2) is 4.98 Å². The Kier molecular flexibility index (Phi) is 5.25. The van der Waals surface area contributed by atoms with Gasteiger partial charge in [-0.2, -0.15) is 5.10 Å². The van der Waals surface area contributed by atoms with Gasteiger partial charge in [0.1, 0.15) is 0 Å². The van der Waals surface area contributed by atoms with E-state index < -0.39 is 0 Å². The normalized spacial score (nSPS) is 20.9. The summed E-state index contributed by atoms with van der Waals surface area (Å²) in [6, 6.07) is 10.1. The maximum atomic E-state index is 11.6. The molecule has 126 valence electrons. The molecule has 0 radical (unpaired) electrons. The molecule has 0 amide bonds. The van der Waals surface area contributed by atoms with Gasteiger partial charge in [-0.15, -0.1) is 11.3 Å². The molecule has 1 saturated heterocycles. The summed E-state index contributed by atoms with van der Waals surface area (Å²) in [7, 11) is 0. The van der Waals surface area contributed by atoms with Crippen molar-refractivity contribution in [3.63, 3.8) is 0 Å². The molecule has 1 aliphatic heterocycles. The van der Waals surface area contributed by atoms with Gasteiger partial charge >= 0.3 is 5.97 Å². The number of hydrazone groups is 1. The summed E-state index contributed by atoms with van der Waals surface area (Å²) < 4.78 is 5.18. The lowest BCUT2D eigenvalue weighted by Gasteiger charge is -2.05. The van der Waals surface area contributed by atoms with E-state index in [0.717, 1.165) is 41.4 Å². The first kappa shape index (κ1) is 16.6. The minimum Gasteiger partial charge on any atom is -0.462 e. The molecule has 0 bridgehead atoms. The lowest BCUT2D eigenvalue weighted by Crippen LogP contribution is -2.09. The zero-order valence-electron chi connectivity index (χ0n) is 13.9. The first-order valence-electron chi connectivity index (χ1n) is 8.12. The van der Waals surface area contributed by atoms with Crippen LogP contribution in [-0.2, 0) is 9.53 Å². The van der Waals surface area contributed by atoms with Crippen LogP contribution in [0.1, 0.15) is 33.1 Å². The Morgan fingerprint density at radius 2 is 2.21 bits per heavy atom. The number of carbonyl (C=O) groups excluding carboxylic acids is 1. The van der Waals surface area contributed by atoms with Gasteiger partial charge in [0, 0.05) is 16.7 Å². The van der Waals surface area contributed by atoms with Gasteiger partial charge in [-0.3, -0.25) is 10.2 Å². The van der Waals surface area contributed by atoms with E-state index in [-0.39, 0.29) is 18.0 Å². The van der Waals surface area contributed by atoms with Crippen molar-refractivity contribution in [1.29, 1.82) is 0 Å². The molecule has 2 unspecified atom stereocenters. The standard InChI is InChI=1S/C18H21N3O2S/c1-12(8-9-15-10-13(2)23-17(15)22)20-21-18-19-16(11-24-18)14-6-4-3-5-7-14/h3-7,11,13,15H,8-10H2,1-2H3,(H,19,21)/b20-12+. The molecular weight excluding hydrogens is 322 g/mol. The number of aromatic nitrogens is 1. The van der Waals surface area contributed by atoms with Crippen LogP contribution in [0, 0.1) is 5.92 Å². The third kappa shape index (κ3) is 4.20. The van der Waals surface area contributed by atoms with Crippen LogP contribution in [0.15, 0.2) is 40.8 Å². The lowest BCUT2D eigenvalue weighted by atomic mass is 9.98. The molecular formula is C18H21N3O2S. The summed E-state index contributed by atoms with van der Waals surface area (Å²) in [5.41, 5.74) is 6.00. The van der Waals surface area contributed by atoms with E-state index >= 15 is 0 Å². The average molecular weight is 343 g/mol. The highest BCUT2D eigenvalue weighted by molar-refractivity contribution is 7.14. The quantitative estimate of drug-likeness (QED) is 0.482. The second-order valence-corrected chi connectivity index (χ2v) is 6.94. The summed E-state index contributed by atoms with van der Waals surface area (Å²) in [6.07, 6.45) is 2.42. The Balaban J connectivity index is 1.52. The van der Waals surface area contributed by atoms with Gasteiger partial charge < -0.3 is 4.74 Å². The molecule has 5 nitrogen and oxygen atoms in total. The maximum Gasteiger partial charge on any atom is 0.309 e. The first-order chi connectivity index (χ1) is 11.6. The minimum atomic E-state index is -0.0734. The Bertz CT molecular complexity index is 727. The van der Waals surface area contributed by atoms with E-state index in [9.17, 15) is 4.79 Å². The van der Waals surface area contributed by atoms with E-state index in [1.807, 2.05) is 49.6 Å². The smallest absolute Gasteiger partial charge is 0.309 e. The van der Waals surface area contributed by atoms with Crippen molar-refractivity contribution in [1.82, 2.24) is 4.98 Å². The van der Waals surface area contributed by atoms with E-state index in [0.29, 0.717) is 0 Å². The third-order valence-corrected chi connectivity index (χ3v) is 4.78. The number of nitrogens with zero attached hydrogens (tertiary/aromatic N) is 2. The topological polar surface area (TPSA) is 63.6 Å². The van der Waals surface area contributed by atoms with Crippen molar-refractivity contribution >= 4 is 28.1 Å². The van der Waals surface area contributed by atoms with Gasteiger partial charge in [-0.1, -0.05) is 30.3 Å². The Labute approximate surface area is 145 Å². The first-order valence-corrected chi connectivity index (χ1v) is 9.00. The Morgan fingerprint density at radius 1 is 1.42 bits per heavy atom. The van der Waals surface area contributed by atoms with Gasteiger partial charge in [0.05, 0.1) is 17.7 Å².